The average Bonchev–Trinajstić information content (AvgIpc) is 3.88. The Labute approximate surface area is 357 Å². The highest BCUT2D eigenvalue weighted by Gasteiger charge is 2.22. The molecule has 3 heterocycles. The van der Waals surface area contributed by atoms with E-state index in [0.717, 1.165) is 99.5 Å². The van der Waals surface area contributed by atoms with Crippen LogP contribution in [-0.2, 0) is 0 Å². The molecule has 0 aliphatic carbocycles. The highest BCUT2D eigenvalue weighted by molar-refractivity contribution is 6.17. The van der Waals surface area contributed by atoms with Gasteiger partial charge in [0.05, 0.1) is 16.7 Å². The topological polar surface area (TPSA) is 56.7 Å². The minimum atomic E-state index is 0.579. The third-order valence-corrected chi connectivity index (χ3v) is 11.9. The zero-order chi connectivity index (χ0) is 41.0. The molecule has 62 heavy (non-hydrogen) atoms. The van der Waals surface area contributed by atoms with E-state index in [2.05, 4.69) is 174 Å². The van der Waals surface area contributed by atoms with Crippen LogP contribution in [0.15, 0.2) is 223 Å². The molecule has 3 aromatic heterocycles. The summed E-state index contributed by atoms with van der Waals surface area (Å²) in [4.78, 5) is 15.8. The fraction of sp³-hybridized carbons (Fsp3) is 0. The molecular weight excluding hydrogens is 757 g/mol. The molecule has 12 rings (SSSR count). The monoisotopic (exact) mass is 792 g/mol. The quantitative estimate of drug-likeness (QED) is 0.161. The first-order valence-corrected chi connectivity index (χ1v) is 20.8. The normalized spacial score (nSPS) is 11.5. The van der Waals surface area contributed by atoms with Gasteiger partial charge in [-0.1, -0.05) is 176 Å². The number of para-hydroxylation sites is 2. The molecule has 0 N–H and O–H groups in total. The van der Waals surface area contributed by atoms with Crippen LogP contribution >= 0.6 is 0 Å². The first-order chi connectivity index (χ1) is 30.7. The summed E-state index contributed by atoms with van der Waals surface area (Å²) in [6, 6.07) is 76.4. The SMILES string of the molecule is c1ccc(-c2ccc(-c3ccccc3)c(-c3ccc(-n4c5ccccc5c5cc6oc7ccccc7c6cc54)c(-c4nc(-c5ccccc5)nc(-c5ccccc5)n4)c3)c2)cc1. The van der Waals surface area contributed by atoms with Crippen molar-refractivity contribution in [2.75, 3.05) is 0 Å². The van der Waals surface area contributed by atoms with Crippen LogP contribution < -0.4 is 0 Å². The summed E-state index contributed by atoms with van der Waals surface area (Å²) < 4.78 is 8.82. The number of fused-ring (bicyclic) bond motifs is 6. The Hall–Kier alpha value is -8.41. The van der Waals surface area contributed by atoms with Gasteiger partial charge in [0.15, 0.2) is 17.5 Å². The molecule has 290 valence electrons. The van der Waals surface area contributed by atoms with Gasteiger partial charge in [-0.2, -0.15) is 0 Å². The lowest BCUT2D eigenvalue weighted by molar-refractivity contribution is 0.669. The van der Waals surface area contributed by atoms with Crippen LogP contribution in [0.3, 0.4) is 0 Å². The third kappa shape index (κ3) is 6.06. The number of aromatic nitrogens is 4. The van der Waals surface area contributed by atoms with E-state index < -0.39 is 0 Å². The molecule has 0 amide bonds. The standard InChI is InChI=1S/C57H36N4O/c1-5-17-37(18-6-1)41-29-31-43(38-19-7-2-8-20-38)46(33-41)42-30-32-51(49(34-42)57-59-55(39-21-9-3-10-22-39)58-56(60-57)40-23-11-4-12-24-40)61-50-27-15-13-25-44(50)47-36-54-48(35-52(47)61)45-26-14-16-28-53(45)62-54/h1-36H. The number of nitrogens with zero attached hydrogens (tertiary/aromatic N) is 4. The second kappa shape index (κ2) is 14.7. The summed E-state index contributed by atoms with van der Waals surface area (Å²) in [5.41, 5.74) is 14.3. The van der Waals surface area contributed by atoms with Crippen LogP contribution in [0.4, 0.5) is 0 Å². The molecule has 0 unspecified atom stereocenters. The van der Waals surface area contributed by atoms with Gasteiger partial charge in [0.2, 0.25) is 0 Å². The minimum Gasteiger partial charge on any atom is -0.456 e. The van der Waals surface area contributed by atoms with Crippen molar-refractivity contribution in [2.24, 2.45) is 0 Å². The van der Waals surface area contributed by atoms with Crippen molar-refractivity contribution >= 4 is 43.7 Å². The predicted molar refractivity (Wildman–Crippen MR) is 254 cm³/mol. The smallest absolute Gasteiger partial charge is 0.166 e. The Morgan fingerprint density at radius 2 is 0.839 bits per heavy atom. The van der Waals surface area contributed by atoms with E-state index in [-0.39, 0.29) is 0 Å². The summed E-state index contributed by atoms with van der Waals surface area (Å²) >= 11 is 0. The van der Waals surface area contributed by atoms with E-state index in [1.54, 1.807) is 0 Å². The lowest BCUT2D eigenvalue weighted by Gasteiger charge is -2.18. The molecule has 0 radical (unpaired) electrons. The molecule has 0 spiro atoms. The van der Waals surface area contributed by atoms with E-state index >= 15 is 0 Å². The summed E-state index contributed by atoms with van der Waals surface area (Å²) in [5.74, 6) is 1.79. The molecule has 0 saturated carbocycles. The fourth-order valence-electron chi connectivity index (χ4n) is 8.92. The number of furan rings is 1. The van der Waals surface area contributed by atoms with Gasteiger partial charge in [0.25, 0.3) is 0 Å². The molecule has 0 saturated heterocycles. The van der Waals surface area contributed by atoms with E-state index in [1.807, 2.05) is 48.5 Å². The van der Waals surface area contributed by atoms with E-state index in [9.17, 15) is 0 Å². The van der Waals surface area contributed by atoms with E-state index in [1.165, 1.54) is 0 Å². The fourth-order valence-corrected chi connectivity index (χ4v) is 8.92. The molecule has 0 fully saturated rings. The molecule has 9 aromatic carbocycles. The maximum Gasteiger partial charge on any atom is 0.166 e. The van der Waals surface area contributed by atoms with Crippen molar-refractivity contribution in [3.05, 3.63) is 218 Å². The molecule has 12 aromatic rings. The number of hydrogen-bond donors (Lipinski definition) is 0. The van der Waals surface area contributed by atoms with Crippen molar-refractivity contribution in [3.63, 3.8) is 0 Å². The lowest BCUT2D eigenvalue weighted by Crippen LogP contribution is -2.04. The Morgan fingerprint density at radius 1 is 0.290 bits per heavy atom. The second-order valence-electron chi connectivity index (χ2n) is 15.6. The number of benzene rings is 9. The second-order valence-corrected chi connectivity index (χ2v) is 15.6. The molecule has 0 aliphatic heterocycles. The summed E-state index contributed by atoms with van der Waals surface area (Å²) in [6.07, 6.45) is 0. The summed E-state index contributed by atoms with van der Waals surface area (Å²) in [6.45, 7) is 0. The lowest BCUT2D eigenvalue weighted by atomic mass is 9.90. The van der Waals surface area contributed by atoms with Gasteiger partial charge in [-0.3, -0.25) is 0 Å². The van der Waals surface area contributed by atoms with Gasteiger partial charge >= 0.3 is 0 Å². The van der Waals surface area contributed by atoms with Crippen LogP contribution in [0.2, 0.25) is 0 Å². The third-order valence-electron chi connectivity index (χ3n) is 11.9. The molecule has 0 atom stereocenters. The van der Waals surface area contributed by atoms with Gasteiger partial charge in [0.1, 0.15) is 11.2 Å². The highest BCUT2D eigenvalue weighted by Crippen LogP contribution is 2.43. The number of hydrogen-bond acceptors (Lipinski definition) is 4. The van der Waals surface area contributed by atoms with Gasteiger partial charge in [-0.25, -0.2) is 15.0 Å². The number of rotatable bonds is 7. The Bertz CT molecular complexity index is 3560. The van der Waals surface area contributed by atoms with Gasteiger partial charge in [-0.15, -0.1) is 0 Å². The Kier molecular flexibility index (Phi) is 8.42. The Balaban J connectivity index is 1.18. The van der Waals surface area contributed by atoms with Crippen molar-refractivity contribution in [1.29, 1.82) is 0 Å². The maximum absolute atomic E-state index is 6.45. The molecule has 5 nitrogen and oxygen atoms in total. The van der Waals surface area contributed by atoms with Gasteiger partial charge in [-0.05, 0) is 75.8 Å². The maximum atomic E-state index is 6.45. The van der Waals surface area contributed by atoms with Crippen LogP contribution in [0.1, 0.15) is 0 Å². The molecule has 5 heteroatoms. The first kappa shape index (κ1) is 35.5. The first-order valence-electron chi connectivity index (χ1n) is 20.8. The van der Waals surface area contributed by atoms with Crippen molar-refractivity contribution < 1.29 is 4.42 Å². The van der Waals surface area contributed by atoms with E-state index in [0.29, 0.717) is 17.5 Å². The van der Waals surface area contributed by atoms with Crippen LogP contribution in [0.25, 0.3) is 117 Å². The van der Waals surface area contributed by atoms with Crippen LogP contribution in [-0.4, -0.2) is 19.5 Å². The minimum absolute atomic E-state index is 0.579. The Morgan fingerprint density at radius 3 is 1.53 bits per heavy atom. The molecular formula is C57H36N4O. The van der Waals surface area contributed by atoms with Crippen LogP contribution in [0.5, 0.6) is 0 Å². The predicted octanol–water partition coefficient (Wildman–Crippen LogP) is 14.9. The summed E-state index contributed by atoms with van der Waals surface area (Å²) in [5, 5.41) is 4.39. The largest absolute Gasteiger partial charge is 0.456 e. The van der Waals surface area contributed by atoms with E-state index in [4.69, 9.17) is 19.4 Å². The molecule has 0 aliphatic rings. The van der Waals surface area contributed by atoms with Gasteiger partial charge < -0.3 is 8.98 Å². The zero-order valence-electron chi connectivity index (χ0n) is 33.5. The zero-order valence-corrected chi connectivity index (χ0v) is 33.5. The van der Waals surface area contributed by atoms with Gasteiger partial charge in [0, 0.05) is 38.2 Å². The van der Waals surface area contributed by atoms with Crippen LogP contribution in [0, 0.1) is 0 Å². The molecule has 0 bridgehead atoms. The van der Waals surface area contributed by atoms with Crippen molar-refractivity contribution in [2.45, 2.75) is 0 Å². The average molecular weight is 793 g/mol. The highest BCUT2D eigenvalue weighted by atomic mass is 16.3. The van der Waals surface area contributed by atoms with Crippen molar-refractivity contribution in [1.82, 2.24) is 19.5 Å². The summed E-state index contributed by atoms with van der Waals surface area (Å²) in [7, 11) is 0. The van der Waals surface area contributed by atoms with Crippen molar-refractivity contribution in [3.8, 4) is 73.2 Å².